The third-order valence-corrected chi connectivity index (χ3v) is 2.42. The molecule has 0 bridgehead atoms. The van der Waals surface area contributed by atoms with E-state index in [1.807, 2.05) is 6.08 Å². The fourth-order valence-corrected chi connectivity index (χ4v) is 1.20. The smallest absolute Gasteiger partial charge is 0.0137 e. The van der Waals surface area contributed by atoms with Gasteiger partial charge < -0.3 is 5.32 Å². The molecular formula is C13H25N. The van der Waals surface area contributed by atoms with Crippen LogP contribution in [0.3, 0.4) is 0 Å². The summed E-state index contributed by atoms with van der Waals surface area (Å²) in [4.78, 5) is 0. The Kier molecular flexibility index (Phi) is 8.65. The van der Waals surface area contributed by atoms with Crippen molar-refractivity contribution in [2.75, 3.05) is 13.1 Å². The van der Waals surface area contributed by atoms with Crippen molar-refractivity contribution in [3.8, 4) is 0 Å². The van der Waals surface area contributed by atoms with Gasteiger partial charge in [-0.15, -0.1) is 6.58 Å². The molecule has 0 rings (SSSR count). The molecule has 0 aliphatic carbocycles. The van der Waals surface area contributed by atoms with E-state index in [-0.39, 0.29) is 0 Å². The molecule has 0 fully saturated rings. The summed E-state index contributed by atoms with van der Waals surface area (Å²) in [5.41, 5.74) is 1.49. The van der Waals surface area contributed by atoms with Crippen molar-refractivity contribution in [1.82, 2.24) is 5.32 Å². The normalized spacial score (nSPS) is 14.1. The second-order valence-electron chi connectivity index (χ2n) is 4.01. The van der Waals surface area contributed by atoms with Crippen LogP contribution in [0.2, 0.25) is 0 Å². The molecule has 0 aromatic heterocycles. The predicted molar refractivity (Wildman–Crippen MR) is 65.5 cm³/mol. The van der Waals surface area contributed by atoms with Crippen LogP contribution in [0.4, 0.5) is 0 Å². The first-order chi connectivity index (χ1) is 6.70. The molecule has 0 spiro atoms. The zero-order valence-electron chi connectivity index (χ0n) is 9.97. The SMILES string of the molecule is C=CC(C)CC/C(C)=C/CNCCC. The van der Waals surface area contributed by atoms with Crippen molar-refractivity contribution < 1.29 is 0 Å². The summed E-state index contributed by atoms with van der Waals surface area (Å²) in [5, 5.41) is 3.37. The first kappa shape index (κ1) is 13.4. The lowest BCUT2D eigenvalue weighted by molar-refractivity contribution is 0.643. The van der Waals surface area contributed by atoms with E-state index < -0.39 is 0 Å². The molecule has 1 nitrogen and oxygen atoms in total. The van der Waals surface area contributed by atoms with Gasteiger partial charge in [-0.2, -0.15) is 0 Å². The molecule has 14 heavy (non-hydrogen) atoms. The van der Waals surface area contributed by atoms with Crippen molar-refractivity contribution in [3.05, 3.63) is 24.3 Å². The lowest BCUT2D eigenvalue weighted by atomic mass is 10.0. The maximum atomic E-state index is 3.79. The number of allylic oxidation sites excluding steroid dienone is 2. The largest absolute Gasteiger partial charge is 0.313 e. The van der Waals surface area contributed by atoms with Gasteiger partial charge in [0.05, 0.1) is 0 Å². The molecule has 0 aromatic carbocycles. The summed E-state index contributed by atoms with van der Waals surface area (Å²) >= 11 is 0. The summed E-state index contributed by atoms with van der Waals surface area (Å²) in [6, 6.07) is 0. The monoisotopic (exact) mass is 195 g/mol. The summed E-state index contributed by atoms with van der Waals surface area (Å²) in [5.74, 6) is 0.641. The first-order valence-corrected chi connectivity index (χ1v) is 5.69. The summed E-state index contributed by atoms with van der Waals surface area (Å²) in [6.07, 6.45) is 7.95. The molecule has 1 N–H and O–H groups in total. The average molecular weight is 195 g/mol. The molecule has 0 saturated carbocycles. The van der Waals surface area contributed by atoms with Crippen LogP contribution in [-0.4, -0.2) is 13.1 Å². The first-order valence-electron chi connectivity index (χ1n) is 5.69. The van der Waals surface area contributed by atoms with Gasteiger partial charge in [0.25, 0.3) is 0 Å². The standard InChI is InChI=1S/C13H25N/c1-5-10-14-11-9-13(4)8-7-12(3)6-2/h6,9,12,14H,2,5,7-8,10-11H2,1,3-4H3/b13-9+. The van der Waals surface area contributed by atoms with E-state index >= 15 is 0 Å². The highest BCUT2D eigenvalue weighted by molar-refractivity contribution is 4.99. The van der Waals surface area contributed by atoms with Crippen molar-refractivity contribution in [2.24, 2.45) is 5.92 Å². The highest BCUT2D eigenvalue weighted by atomic mass is 14.8. The topological polar surface area (TPSA) is 12.0 Å². The van der Waals surface area contributed by atoms with Crippen molar-refractivity contribution in [3.63, 3.8) is 0 Å². The molecule has 0 aliphatic heterocycles. The second-order valence-corrected chi connectivity index (χ2v) is 4.01. The van der Waals surface area contributed by atoms with Crippen LogP contribution in [0, 0.1) is 5.92 Å². The Morgan fingerprint density at radius 1 is 1.50 bits per heavy atom. The number of hydrogen-bond acceptors (Lipinski definition) is 1. The molecule has 0 aliphatic rings. The Morgan fingerprint density at radius 2 is 2.21 bits per heavy atom. The van der Waals surface area contributed by atoms with Crippen LogP contribution in [0.25, 0.3) is 0 Å². The van der Waals surface area contributed by atoms with Crippen molar-refractivity contribution in [1.29, 1.82) is 0 Å². The van der Waals surface area contributed by atoms with Crippen LogP contribution in [0.1, 0.15) is 40.0 Å². The number of hydrogen-bond donors (Lipinski definition) is 1. The van der Waals surface area contributed by atoms with Gasteiger partial charge in [0, 0.05) is 6.54 Å². The fourth-order valence-electron chi connectivity index (χ4n) is 1.20. The maximum absolute atomic E-state index is 3.79. The minimum Gasteiger partial charge on any atom is -0.313 e. The van der Waals surface area contributed by atoms with Crippen molar-refractivity contribution in [2.45, 2.75) is 40.0 Å². The molecule has 0 radical (unpaired) electrons. The lowest BCUT2D eigenvalue weighted by Gasteiger charge is -2.06. The van der Waals surface area contributed by atoms with Crippen LogP contribution in [-0.2, 0) is 0 Å². The fraction of sp³-hybridized carbons (Fsp3) is 0.692. The number of nitrogens with one attached hydrogen (secondary N) is 1. The van der Waals surface area contributed by atoms with Gasteiger partial charge in [0.15, 0.2) is 0 Å². The summed E-state index contributed by atoms with van der Waals surface area (Å²) < 4.78 is 0. The number of rotatable bonds is 8. The van der Waals surface area contributed by atoms with Crippen LogP contribution in [0.15, 0.2) is 24.3 Å². The van der Waals surface area contributed by atoms with Crippen molar-refractivity contribution >= 4 is 0 Å². The molecule has 0 heterocycles. The van der Waals surface area contributed by atoms with E-state index in [0.29, 0.717) is 5.92 Å². The predicted octanol–water partition coefficient (Wildman–Crippen LogP) is 3.53. The average Bonchev–Trinajstić information content (AvgIpc) is 2.21. The van der Waals surface area contributed by atoms with E-state index in [4.69, 9.17) is 0 Å². The second kappa shape index (κ2) is 9.01. The van der Waals surface area contributed by atoms with E-state index in [9.17, 15) is 0 Å². The summed E-state index contributed by atoms with van der Waals surface area (Å²) in [6.45, 7) is 12.5. The van der Waals surface area contributed by atoms with Gasteiger partial charge in [-0.05, 0) is 38.6 Å². The van der Waals surface area contributed by atoms with Crippen LogP contribution < -0.4 is 5.32 Å². The van der Waals surface area contributed by atoms with E-state index in [0.717, 1.165) is 13.1 Å². The van der Waals surface area contributed by atoms with Gasteiger partial charge in [-0.3, -0.25) is 0 Å². The lowest BCUT2D eigenvalue weighted by Crippen LogP contribution is -2.14. The molecule has 1 atom stereocenters. The zero-order valence-corrected chi connectivity index (χ0v) is 9.97. The molecule has 1 unspecified atom stereocenters. The Labute approximate surface area is 89.3 Å². The molecule has 82 valence electrons. The molecule has 1 heteroatoms. The molecule has 0 saturated heterocycles. The Morgan fingerprint density at radius 3 is 2.79 bits per heavy atom. The minimum absolute atomic E-state index is 0.641. The third kappa shape index (κ3) is 8.06. The summed E-state index contributed by atoms with van der Waals surface area (Å²) in [7, 11) is 0. The zero-order chi connectivity index (χ0) is 10.8. The highest BCUT2D eigenvalue weighted by Crippen LogP contribution is 2.11. The van der Waals surface area contributed by atoms with Gasteiger partial charge >= 0.3 is 0 Å². The van der Waals surface area contributed by atoms with Gasteiger partial charge in [-0.1, -0.05) is 31.6 Å². The Bertz CT molecular complexity index is 170. The molecular weight excluding hydrogens is 170 g/mol. The molecule has 0 aromatic rings. The van der Waals surface area contributed by atoms with E-state index in [1.165, 1.54) is 24.8 Å². The van der Waals surface area contributed by atoms with E-state index in [1.54, 1.807) is 0 Å². The van der Waals surface area contributed by atoms with E-state index in [2.05, 4.69) is 38.7 Å². The van der Waals surface area contributed by atoms with Gasteiger partial charge in [0.1, 0.15) is 0 Å². The Balaban J connectivity index is 3.51. The maximum Gasteiger partial charge on any atom is 0.0137 e. The van der Waals surface area contributed by atoms with Crippen LogP contribution >= 0.6 is 0 Å². The quantitative estimate of drug-likeness (QED) is 0.461. The third-order valence-electron chi connectivity index (χ3n) is 2.42. The van der Waals surface area contributed by atoms with Gasteiger partial charge in [0.2, 0.25) is 0 Å². The Hall–Kier alpha value is -0.560. The minimum atomic E-state index is 0.641. The van der Waals surface area contributed by atoms with Crippen LogP contribution in [0.5, 0.6) is 0 Å². The highest BCUT2D eigenvalue weighted by Gasteiger charge is 1.96. The van der Waals surface area contributed by atoms with Gasteiger partial charge in [-0.25, -0.2) is 0 Å². The molecule has 0 amide bonds.